The summed E-state index contributed by atoms with van der Waals surface area (Å²) in [5.41, 5.74) is 11.7. The van der Waals surface area contributed by atoms with Crippen molar-refractivity contribution in [2.45, 2.75) is 233 Å². The lowest BCUT2D eigenvalue weighted by molar-refractivity contribution is -0.150. The topological polar surface area (TPSA) is 152 Å². The molecule has 0 rings (SSSR count). The monoisotopic (exact) mass is 855 g/mol. The Hall–Kier alpha value is -1.30. The molecule has 10 nitrogen and oxygen atoms in total. The number of nitrogens with zero attached hydrogens (tertiary/aromatic N) is 2. The number of carbonyl (C=O) groups is 2. The van der Waals surface area contributed by atoms with Gasteiger partial charge < -0.3 is 41.0 Å². The zero-order valence-corrected chi connectivity index (χ0v) is 40.2. The smallest absolute Gasteiger partial charge is 0.308 e. The Labute approximate surface area is 371 Å². The second-order valence-electron chi connectivity index (χ2n) is 18.0. The molecule has 0 fully saturated rings. The molecule has 6 N–H and O–H groups in total. The van der Waals surface area contributed by atoms with Crippen molar-refractivity contribution in [3.63, 3.8) is 0 Å². The molecule has 0 saturated heterocycles. The van der Waals surface area contributed by atoms with Crippen LogP contribution in [0.15, 0.2) is 0 Å². The molecule has 4 unspecified atom stereocenters. The van der Waals surface area contributed by atoms with E-state index < -0.39 is 12.2 Å². The number of carbonyl (C=O) groups excluding carboxylic acids is 2. The number of hydrogen-bond acceptors (Lipinski definition) is 10. The van der Waals surface area contributed by atoms with Crippen molar-refractivity contribution in [3.05, 3.63) is 0 Å². The van der Waals surface area contributed by atoms with Gasteiger partial charge in [0.25, 0.3) is 0 Å². The number of aliphatic hydroxyl groups is 2. The quantitative estimate of drug-likeness (QED) is 0.0344. The van der Waals surface area contributed by atoms with Crippen molar-refractivity contribution >= 4 is 11.9 Å². The molecule has 0 saturated carbocycles. The van der Waals surface area contributed by atoms with Gasteiger partial charge in [0, 0.05) is 25.9 Å². The SMILES string of the molecule is CCCCCCCCC(CCCCCC)C(=O)OCCC(O)CN(CCCN)CCCCN(CCCN)CC(O)CCOC(=O)C(CCCCCC)CCCCCCCC. The second-order valence-corrected chi connectivity index (χ2v) is 18.0. The molecule has 0 aliphatic heterocycles. The molecule has 0 aliphatic rings. The van der Waals surface area contributed by atoms with Crippen molar-refractivity contribution in [2.75, 3.05) is 65.6 Å². The van der Waals surface area contributed by atoms with Crippen LogP contribution >= 0.6 is 0 Å². The van der Waals surface area contributed by atoms with Crippen LogP contribution in [-0.2, 0) is 19.1 Å². The maximum Gasteiger partial charge on any atom is 0.308 e. The molecular weight excluding hydrogens is 753 g/mol. The first kappa shape index (κ1) is 58.7. The highest BCUT2D eigenvalue weighted by Crippen LogP contribution is 2.22. The highest BCUT2D eigenvalue weighted by molar-refractivity contribution is 5.72. The van der Waals surface area contributed by atoms with Crippen LogP contribution in [0.1, 0.15) is 220 Å². The van der Waals surface area contributed by atoms with E-state index in [0.29, 0.717) is 39.0 Å². The first-order valence-electron chi connectivity index (χ1n) is 25.8. The van der Waals surface area contributed by atoms with Crippen molar-refractivity contribution in [3.8, 4) is 0 Å². The Kier molecular flexibility index (Phi) is 43.4. The molecule has 0 bridgehead atoms. The average Bonchev–Trinajstić information content (AvgIpc) is 3.24. The van der Waals surface area contributed by atoms with E-state index in [1.165, 1.54) is 103 Å². The third-order valence-electron chi connectivity index (χ3n) is 12.2. The number of unbranched alkanes of at least 4 members (excludes halogenated alkanes) is 17. The number of ether oxygens (including phenoxy) is 2. The molecule has 358 valence electrons. The maximum absolute atomic E-state index is 13.1. The molecule has 60 heavy (non-hydrogen) atoms. The predicted molar refractivity (Wildman–Crippen MR) is 253 cm³/mol. The standard InChI is InChI=1S/C50H102N4O6/c1-5-9-13-17-19-23-31-45(29-21-15-11-7-3)49(57)59-41-33-47(55)43-53(39-27-35-51)37-25-26-38-54(40-28-36-52)44-48(56)34-42-60-50(58)46(30-22-16-12-8-4)32-24-20-18-14-10-6-2/h45-48,55-56H,5-44,51-52H2,1-4H3. The van der Waals surface area contributed by atoms with E-state index in [9.17, 15) is 19.8 Å². The maximum atomic E-state index is 13.1. The Balaban J connectivity index is 4.85. The van der Waals surface area contributed by atoms with Crippen LogP contribution in [0.25, 0.3) is 0 Å². The van der Waals surface area contributed by atoms with E-state index in [-0.39, 0.29) is 37.0 Å². The summed E-state index contributed by atoms with van der Waals surface area (Å²) in [4.78, 5) is 30.8. The molecule has 0 radical (unpaired) electrons. The Morgan fingerprint density at radius 3 is 1.02 bits per heavy atom. The highest BCUT2D eigenvalue weighted by atomic mass is 16.5. The number of esters is 2. The van der Waals surface area contributed by atoms with Crippen LogP contribution in [0.2, 0.25) is 0 Å². The second kappa shape index (κ2) is 44.3. The molecule has 4 atom stereocenters. The van der Waals surface area contributed by atoms with E-state index in [4.69, 9.17) is 20.9 Å². The number of aliphatic hydroxyl groups excluding tert-OH is 2. The van der Waals surface area contributed by atoms with Crippen LogP contribution in [0, 0.1) is 11.8 Å². The Morgan fingerprint density at radius 1 is 0.417 bits per heavy atom. The molecule has 0 aromatic rings. The highest BCUT2D eigenvalue weighted by Gasteiger charge is 2.22. The van der Waals surface area contributed by atoms with Gasteiger partial charge in [0.15, 0.2) is 0 Å². The van der Waals surface area contributed by atoms with Crippen LogP contribution in [0.4, 0.5) is 0 Å². The molecule has 0 amide bonds. The van der Waals surface area contributed by atoms with Crippen LogP contribution < -0.4 is 11.5 Å². The van der Waals surface area contributed by atoms with E-state index in [0.717, 1.165) is 103 Å². The van der Waals surface area contributed by atoms with Gasteiger partial charge >= 0.3 is 11.9 Å². The number of nitrogens with two attached hydrogens (primary N) is 2. The van der Waals surface area contributed by atoms with Gasteiger partial charge in [-0.15, -0.1) is 0 Å². The van der Waals surface area contributed by atoms with E-state index >= 15 is 0 Å². The van der Waals surface area contributed by atoms with Gasteiger partial charge in [0.2, 0.25) is 0 Å². The summed E-state index contributed by atoms with van der Waals surface area (Å²) in [5.74, 6) is -0.232. The van der Waals surface area contributed by atoms with E-state index in [1.807, 2.05) is 0 Å². The summed E-state index contributed by atoms with van der Waals surface area (Å²) < 4.78 is 11.6. The molecule has 0 aromatic carbocycles. The van der Waals surface area contributed by atoms with E-state index in [1.54, 1.807) is 0 Å². The van der Waals surface area contributed by atoms with Crippen molar-refractivity contribution in [1.82, 2.24) is 9.80 Å². The first-order valence-corrected chi connectivity index (χ1v) is 25.8. The van der Waals surface area contributed by atoms with Crippen molar-refractivity contribution in [2.24, 2.45) is 23.3 Å². The van der Waals surface area contributed by atoms with Crippen LogP contribution in [-0.4, -0.2) is 110 Å². The summed E-state index contributed by atoms with van der Waals surface area (Å²) in [6, 6.07) is 0. The van der Waals surface area contributed by atoms with Crippen molar-refractivity contribution in [1.29, 1.82) is 0 Å². The molecule has 0 aromatic heterocycles. The van der Waals surface area contributed by atoms with Gasteiger partial charge in [0.1, 0.15) is 0 Å². The number of hydrogen-bond donors (Lipinski definition) is 4. The minimum absolute atomic E-state index is 0.0310. The minimum Gasteiger partial charge on any atom is -0.465 e. The normalized spacial score (nSPS) is 13.8. The predicted octanol–water partition coefficient (Wildman–Crippen LogP) is 10.3. The van der Waals surface area contributed by atoms with Gasteiger partial charge in [-0.3, -0.25) is 9.59 Å². The minimum atomic E-state index is -0.575. The van der Waals surface area contributed by atoms with Gasteiger partial charge in [-0.2, -0.15) is 0 Å². The van der Waals surface area contributed by atoms with Gasteiger partial charge in [-0.05, 0) is 90.6 Å². The first-order chi connectivity index (χ1) is 29.3. The fraction of sp³-hybridized carbons (Fsp3) is 0.960. The largest absolute Gasteiger partial charge is 0.465 e. The molecule has 0 aliphatic carbocycles. The summed E-state index contributed by atoms with van der Waals surface area (Å²) in [6.45, 7) is 15.0. The van der Waals surface area contributed by atoms with Crippen molar-refractivity contribution < 1.29 is 29.3 Å². The summed E-state index contributed by atoms with van der Waals surface area (Å²) >= 11 is 0. The molecule has 0 spiro atoms. The summed E-state index contributed by atoms with van der Waals surface area (Å²) in [5, 5.41) is 22.0. The van der Waals surface area contributed by atoms with Gasteiger partial charge in [-0.1, -0.05) is 156 Å². The number of rotatable bonds is 47. The van der Waals surface area contributed by atoms with E-state index in [2.05, 4.69) is 37.5 Å². The zero-order chi connectivity index (χ0) is 44.3. The Morgan fingerprint density at radius 2 is 0.700 bits per heavy atom. The van der Waals surface area contributed by atoms with Crippen LogP contribution in [0.3, 0.4) is 0 Å². The molecular formula is C50H102N4O6. The molecule has 0 heterocycles. The Bertz CT molecular complexity index is 857. The lowest BCUT2D eigenvalue weighted by Gasteiger charge is -2.27. The zero-order valence-electron chi connectivity index (χ0n) is 40.2. The average molecular weight is 855 g/mol. The lowest BCUT2D eigenvalue weighted by atomic mass is 9.94. The molecule has 10 heteroatoms. The fourth-order valence-electron chi connectivity index (χ4n) is 8.23. The van der Waals surface area contributed by atoms with Gasteiger partial charge in [0.05, 0.1) is 37.3 Å². The van der Waals surface area contributed by atoms with Gasteiger partial charge in [-0.25, -0.2) is 0 Å². The summed E-state index contributed by atoms with van der Waals surface area (Å²) in [7, 11) is 0. The third kappa shape index (κ3) is 36.2. The fourth-order valence-corrected chi connectivity index (χ4v) is 8.23. The lowest BCUT2D eigenvalue weighted by Crippen LogP contribution is -2.37. The third-order valence-corrected chi connectivity index (χ3v) is 12.2. The van der Waals surface area contributed by atoms with Crippen LogP contribution in [0.5, 0.6) is 0 Å². The summed E-state index contributed by atoms with van der Waals surface area (Å²) in [6.07, 6.45) is 30.9.